The molecule has 1 N–H and O–H groups in total. The number of benzene rings is 1. The number of halogens is 1. The number of pyridine rings is 1. The second kappa shape index (κ2) is 5.90. The fraction of sp³-hybridized carbons (Fsp3) is 0.154. The van der Waals surface area contributed by atoms with Crippen LogP contribution in [0.4, 0.5) is 15.9 Å². The predicted octanol–water partition coefficient (Wildman–Crippen LogP) is 2.78. The second-order valence-electron chi connectivity index (χ2n) is 3.90. The highest BCUT2D eigenvalue weighted by molar-refractivity contribution is 5.56. The summed E-state index contributed by atoms with van der Waals surface area (Å²) in [6, 6.07) is 9.64. The largest absolute Gasteiger partial charge is 0.386 e. The summed E-state index contributed by atoms with van der Waals surface area (Å²) < 4.78 is 13.4. The van der Waals surface area contributed by atoms with Gasteiger partial charge in [0.15, 0.2) is 0 Å². The van der Waals surface area contributed by atoms with Crippen LogP contribution in [0.5, 0.6) is 0 Å². The Hall–Kier alpha value is -2.50. The van der Waals surface area contributed by atoms with Gasteiger partial charge >= 0.3 is 5.82 Å². The van der Waals surface area contributed by atoms with Crippen molar-refractivity contribution >= 4 is 11.5 Å². The number of hydrogen-bond donors (Lipinski definition) is 1. The first kappa shape index (κ1) is 12.9. The first-order chi connectivity index (χ1) is 9.18. The molecule has 0 unspecified atom stereocenters. The minimum atomic E-state index is -0.550. The first-order valence-electron chi connectivity index (χ1n) is 5.75. The highest BCUT2D eigenvalue weighted by atomic mass is 19.1. The van der Waals surface area contributed by atoms with E-state index in [-0.39, 0.29) is 11.6 Å². The molecule has 0 atom stereocenters. The molecule has 2 aromatic rings. The highest BCUT2D eigenvalue weighted by Crippen LogP contribution is 2.20. The SMILES string of the molecule is O=[N+]([O-])c1ncccc1NCCc1ccccc1F. The third kappa shape index (κ3) is 3.25. The van der Waals surface area contributed by atoms with Gasteiger partial charge in [0.2, 0.25) is 0 Å². The summed E-state index contributed by atoms with van der Waals surface area (Å²) in [5, 5.41) is 13.7. The van der Waals surface area contributed by atoms with E-state index >= 15 is 0 Å². The van der Waals surface area contributed by atoms with E-state index in [2.05, 4.69) is 10.3 Å². The Morgan fingerprint density at radius 3 is 2.79 bits per heavy atom. The van der Waals surface area contributed by atoms with Gasteiger partial charge < -0.3 is 15.4 Å². The van der Waals surface area contributed by atoms with Crippen molar-refractivity contribution in [2.75, 3.05) is 11.9 Å². The molecule has 0 fully saturated rings. The van der Waals surface area contributed by atoms with Crippen LogP contribution in [0.15, 0.2) is 42.6 Å². The summed E-state index contributed by atoms with van der Waals surface area (Å²) in [4.78, 5) is 13.9. The Labute approximate surface area is 109 Å². The van der Waals surface area contributed by atoms with E-state index in [1.165, 1.54) is 12.3 Å². The highest BCUT2D eigenvalue weighted by Gasteiger charge is 2.13. The van der Waals surface area contributed by atoms with Crippen LogP contribution in [0, 0.1) is 15.9 Å². The van der Waals surface area contributed by atoms with Crippen molar-refractivity contribution in [1.29, 1.82) is 0 Å². The molecule has 0 aliphatic heterocycles. The summed E-state index contributed by atoms with van der Waals surface area (Å²) in [5.41, 5.74) is 0.908. The lowest BCUT2D eigenvalue weighted by atomic mass is 10.1. The van der Waals surface area contributed by atoms with Gasteiger partial charge in [-0.1, -0.05) is 18.2 Å². The van der Waals surface area contributed by atoms with E-state index in [4.69, 9.17) is 0 Å². The van der Waals surface area contributed by atoms with Crippen molar-refractivity contribution in [3.8, 4) is 0 Å². The number of nitrogens with zero attached hydrogens (tertiary/aromatic N) is 2. The van der Waals surface area contributed by atoms with Gasteiger partial charge in [-0.3, -0.25) is 0 Å². The molecule has 0 aliphatic rings. The molecule has 0 bridgehead atoms. The summed E-state index contributed by atoms with van der Waals surface area (Å²) in [5.74, 6) is -0.499. The maximum Gasteiger partial charge on any atom is 0.386 e. The molecule has 0 spiro atoms. The Morgan fingerprint density at radius 2 is 2.05 bits per heavy atom. The smallest absolute Gasteiger partial charge is 0.378 e. The average molecular weight is 261 g/mol. The maximum absolute atomic E-state index is 13.4. The van der Waals surface area contributed by atoms with Gasteiger partial charge in [-0.2, -0.15) is 0 Å². The first-order valence-corrected chi connectivity index (χ1v) is 5.75. The lowest BCUT2D eigenvalue weighted by molar-refractivity contribution is -0.388. The predicted molar refractivity (Wildman–Crippen MR) is 69.5 cm³/mol. The zero-order valence-electron chi connectivity index (χ0n) is 10.0. The number of hydrogen-bond acceptors (Lipinski definition) is 4. The number of nitro groups is 1. The minimum Gasteiger partial charge on any atom is -0.378 e. The average Bonchev–Trinajstić information content (AvgIpc) is 2.41. The van der Waals surface area contributed by atoms with Crippen molar-refractivity contribution in [3.05, 3.63) is 64.1 Å². The van der Waals surface area contributed by atoms with Crippen molar-refractivity contribution < 1.29 is 9.31 Å². The minimum absolute atomic E-state index is 0.226. The van der Waals surface area contributed by atoms with Crippen LogP contribution in [-0.2, 0) is 6.42 Å². The zero-order valence-corrected chi connectivity index (χ0v) is 10.0. The molecule has 19 heavy (non-hydrogen) atoms. The molecule has 5 nitrogen and oxygen atoms in total. The van der Waals surface area contributed by atoms with E-state index < -0.39 is 4.92 Å². The lowest BCUT2D eigenvalue weighted by Crippen LogP contribution is -2.08. The van der Waals surface area contributed by atoms with Gasteiger partial charge in [0.05, 0.1) is 0 Å². The van der Waals surface area contributed by atoms with Crippen LogP contribution in [0.1, 0.15) is 5.56 Å². The van der Waals surface area contributed by atoms with Gasteiger partial charge in [-0.25, -0.2) is 4.39 Å². The van der Waals surface area contributed by atoms with Crippen LogP contribution in [0.3, 0.4) is 0 Å². The normalized spacial score (nSPS) is 10.2. The molecule has 0 amide bonds. The molecule has 0 saturated carbocycles. The number of nitrogens with one attached hydrogen (secondary N) is 1. The van der Waals surface area contributed by atoms with Crippen LogP contribution >= 0.6 is 0 Å². The Kier molecular flexibility index (Phi) is 4.02. The molecule has 0 aliphatic carbocycles. The fourth-order valence-corrected chi connectivity index (χ4v) is 1.71. The van der Waals surface area contributed by atoms with Crippen LogP contribution in [0.25, 0.3) is 0 Å². The van der Waals surface area contributed by atoms with Crippen molar-refractivity contribution in [2.45, 2.75) is 6.42 Å². The molecular weight excluding hydrogens is 249 g/mol. The van der Waals surface area contributed by atoms with Gasteiger partial charge in [-0.05, 0) is 40.1 Å². The van der Waals surface area contributed by atoms with E-state index in [1.807, 2.05) is 0 Å². The molecule has 0 radical (unpaired) electrons. The molecule has 1 aromatic carbocycles. The third-order valence-corrected chi connectivity index (χ3v) is 2.63. The summed E-state index contributed by atoms with van der Waals surface area (Å²) in [6.07, 6.45) is 1.80. The van der Waals surface area contributed by atoms with Gasteiger partial charge in [0.25, 0.3) is 0 Å². The molecule has 1 aromatic heterocycles. The van der Waals surface area contributed by atoms with Gasteiger partial charge in [0, 0.05) is 6.54 Å². The number of anilines is 1. The quantitative estimate of drug-likeness (QED) is 0.663. The van der Waals surface area contributed by atoms with E-state index in [9.17, 15) is 14.5 Å². The summed E-state index contributed by atoms with van der Waals surface area (Å²) in [7, 11) is 0. The third-order valence-electron chi connectivity index (χ3n) is 2.63. The Morgan fingerprint density at radius 1 is 1.26 bits per heavy atom. The van der Waals surface area contributed by atoms with Crippen LogP contribution in [-0.4, -0.2) is 16.5 Å². The monoisotopic (exact) mass is 261 g/mol. The van der Waals surface area contributed by atoms with Crippen molar-refractivity contribution in [3.63, 3.8) is 0 Å². The molecule has 0 saturated heterocycles. The number of rotatable bonds is 5. The maximum atomic E-state index is 13.4. The Balaban J connectivity index is 2.00. The molecule has 6 heteroatoms. The van der Waals surface area contributed by atoms with E-state index in [0.717, 1.165) is 0 Å². The molecule has 1 heterocycles. The molecule has 98 valence electrons. The Bertz CT molecular complexity index is 590. The van der Waals surface area contributed by atoms with Gasteiger partial charge in [0.1, 0.15) is 17.7 Å². The standard InChI is InChI=1S/C13H12FN3O2/c14-11-5-2-1-4-10(11)7-9-15-12-6-3-8-16-13(12)17(18)19/h1-6,8,15H,7,9H2. The number of aromatic nitrogens is 1. The van der Waals surface area contributed by atoms with Crippen LogP contribution in [0.2, 0.25) is 0 Å². The van der Waals surface area contributed by atoms with E-state index in [0.29, 0.717) is 24.2 Å². The van der Waals surface area contributed by atoms with Gasteiger partial charge in [-0.15, -0.1) is 0 Å². The fourth-order valence-electron chi connectivity index (χ4n) is 1.71. The van der Waals surface area contributed by atoms with E-state index in [1.54, 1.807) is 30.3 Å². The molecule has 2 rings (SSSR count). The second-order valence-corrected chi connectivity index (χ2v) is 3.90. The lowest BCUT2D eigenvalue weighted by Gasteiger charge is -2.07. The van der Waals surface area contributed by atoms with Crippen molar-refractivity contribution in [1.82, 2.24) is 4.98 Å². The molecular formula is C13H12FN3O2. The van der Waals surface area contributed by atoms with Crippen LogP contribution < -0.4 is 5.32 Å². The van der Waals surface area contributed by atoms with Crippen molar-refractivity contribution in [2.24, 2.45) is 0 Å². The summed E-state index contributed by atoms with van der Waals surface area (Å²) >= 11 is 0. The topological polar surface area (TPSA) is 68.1 Å². The zero-order chi connectivity index (χ0) is 13.7. The summed E-state index contributed by atoms with van der Waals surface area (Å²) in [6.45, 7) is 0.396.